The van der Waals surface area contributed by atoms with Crippen molar-refractivity contribution in [1.29, 1.82) is 0 Å². The van der Waals surface area contributed by atoms with Gasteiger partial charge in [-0.3, -0.25) is 9.59 Å². The molecule has 2 aromatic rings. The van der Waals surface area contributed by atoms with Crippen LogP contribution in [-0.2, 0) is 11.3 Å². The van der Waals surface area contributed by atoms with E-state index in [2.05, 4.69) is 5.32 Å². The predicted molar refractivity (Wildman–Crippen MR) is 85.4 cm³/mol. The Morgan fingerprint density at radius 3 is 3.05 bits per heavy atom. The van der Waals surface area contributed by atoms with E-state index in [1.54, 1.807) is 4.57 Å². The highest BCUT2D eigenvalue weighted by atomic mass is 32.1. The van der Waals surface area contributed by atoms with Gasteiger partial charge in [0.1, 0.15) is 5.75 Å². The van der Waals surface area contributed by atoms with Crippen LogP contribution in [0, 0.1) is 6.92 Å². The Kier molecular flexibility index (Phi) is 4.29. The van der Waals surface area contributed by atoms with Gasteiger partial charge in [0.15, 0.2) is 0 Å². The zero-order chi connectivity index (χ0) is 15.5. The number of nitrogens with zero attached hydrogens (tertiary/aromatic N) is 1. The van der Waals surface area contributed by atoms with Gasteiger partial charge >= 0.3 is 4.87 Å². The smallest absolute Gasteiger partial charge is 0.307 e. The van der Waals surface area contributed by atoms with E-state index in [0.29, 0.717) is 19.6 Å². The first-order valence-corrected chi connectivity index (χ1v) is 8.19. The third-order valence-electron chi connectivity index (χ3n) is 3.83. The lowest BCUT2D eigenvalue weighted by Crippen LogP contribution is -2.33. The molecular weight excluding hydrogens is 300 g/mol. The highest BCUT2D eigenvalue weighted by Crippen LogP contribution is 2.31. The van der Waals surface area contributed by atoms with Gasteiger partial charge in [-0.25, -0.2) is 0 Å². The molecule has 0 aliphatic carbocycles. The van der Waals surface area contributed by atoms with Gasteiger partial charge in [0, 0.05) is 36.0 Å². The normalized spacial score (nSPS) is 16.7. The van der Waals surface area contributed by atoms with Gasteiger partial charge in [0.25, 0.3) is 0 Å². The Hall–Kier alpha value is -2.08. The van der Waals surface area contributed by atoms with Crippen molar-refractivity contribution in [2.24, 2.45) is 0 Å². The molecule has 0 saturated carbocycles. The Balaban J connectivity index is 1.62. The van der Waals surface area contributed by atoms with Gasteiger partial charge in [0.2, 0.25) is 5.91 Å². The monoisotopic (exact) mass is 318 g/mol. The van der Waals surface area contributed by atoms with Crippen molar-refractivity contribution in [1.82, 2.24) is 9.88 Å². The van der Waals surface area contributed by atoms with E-state index in [1.165, 1.54) is 11.3 Å². The number of fused-ring (bicyclic) bond motifs is 1. The summed E-state index contributed by atoms with van der Waals surface area (Å²) in [6, 6.07) is 7.75. The highest BCUT2D eigenvalue weighted by molar-refractivity contribution is 7.07. The molecule has 1 aromatic heterocycles. The second-order valence-corrected chi connectivity index (χ2v) is 6.16. The molecule has 22 heavy (non-hydrogen) atoms. The molecule has 116 valence electrons. The lowest BCUT2D eigenvalue weighted by molar-refractivity contribution is -0.122. The van der Waals surface area contributed by atoms with Crippen molar-refractivity contribution in [3.63, 3.8) is 0 Å². The lowest BCUT2D eigenvalue weighted by Gasteiger charge is -2.26. The zero-order valence-electron chi connectivity index (χ0n) is 12.4. The molecule has 1 aromatic carbocycles. The average molecular weight is 318 g/mol. The van der Waals surface area contributed by atoms with Crippen molar-refractivity contribution in [3.8, 4) is 5.75 Å². The van der Waals surface area contributed by atoms with Gasteiger partial charge in [-0.15, -0.1) is 0 Å². The maximum absolute atomic E-state index is 12.2. The van der Waals surface area contributed by atoms with E-state index in [9.17, 15) is 9.59 Å². The number of rotatable bonds is 4. The van der Waals surface area contributed by atoms with Crippen molar-refractivity contribution in [2.75, 3.05) is 6.61 Å². The molecule has 0 spiro atoms. The number of thiazole rings is 1. The largest absolute Gasteiger partial charge is 0.493 e. The third kappa shape index (κ3) is 3.06. The Labute approximate surface area is 132 Å². The highest BCUT2D eigenvalue weighted by Gasteiger charge is 2.22. The van der Waals surface area contributed by atoms with Crippen molar-refractivity contribution < 1.29 is 9.53 Å². The van der Waals surface area contributed by atoms with E-state index in [-0.39, 0.29) is 16.8 Å². The summed E-state index contributed by atoms with van der Waals surface area (Å²) in [5, 5.41) is 4.86. The number of aromatic nitrogens is 1. The fourth-order valence-electron chi connectivity index (χ4n) is 2.65. The van der Waals surface area contributed by atoms with Crippen molar-refractivity contribution in [2.45, 2.75) is 32.4 Å². The molecule has 0 bridgehead atoms. The van der Waals surface area contributed by atoms with Gasteiger partial charge in [0.05, 0.1) is 12.6 Å². The summed E-state index contributed by atoms with van der Waals surface area (Å²) in [4.78, 5) is 23.8. The molecule has 1 aliphatic rings. The quantitative estimate of drug-likeness (QED) is 0.940. The number of benzene rings is 1. The van der Waals surface area contributed by atoms with Crippen LogP contribution < -0.4 is 14.9 Å². The molecular formula is C16H18N2O3S. The van der Waals surface area contributed by atoms with E-state index in [4.69, 9.17) is 4.74 Å². The molecule has 2 heterocycles. The van der Waals surface area contributed by atoms with Crippen LogP contribution in [0.1, 0.15) is 30.1 Å². The summed E-state index contributed by atoms with van der Waals surface area (Å²) in [7, 11) is 0. The predicted octanol–water partition coefficient (Wildman–Crippen LogP) is 2.25. The van der Waals surface area contributed by atoms with Crippen LogP contribution in [0.5, 0.6) is 5.75 Å². The van der Waals surface area contributed by atoms with E-state index in [0.717, 1.165) is 23.4 Å². The topological polar surface area (TPSA) is 60.3 Å². The van der Waals surface area contributed by atoms with Crippen LogP contribution in [0.3, 0.4) is 0 Å². The molecule has 0 radical (unpaired) electrons. The number of nitrogens with one attached hydrogen (secondary N) is 1. The first-order valence-electron chi connectivity index (χ1n) is 7.31. The summed E-state index contributed by atoms with van der Waals surface area (Å²) < 4.78 is 7.23. The molecule has 1 N–H and O–H groups in total. The Bertz CT molecular complexity index is 735. The Morgan fingerprint density at radius 1 is 1.45 bits per heavy atom. The molecule has 6 heteroatoms. The zero-order valence-corrected chi connectivity index (χ0v) is 13.2. The van der Waals surface area contributed by atoms with Crippen LogP contribution in [-0.4, -0.2) is 17.1 Å². The van der Waals surface area contributed by atoms with Crippen molar-refractivity contribution in [3.05, 3.63) is 50.6 Å². The van der Waals surface area contributed by atoms with Gasteiger partial charge in [-0.05, 0) is 13.0 Å². The number of hydrogen-bond donors (Lipinski definition) is 1. The minimum atomic E-state index is -0.0424. The second kappa shape index (κ2) is 6.36. The molecule has 1 aliphatic heterocycles. The first-order chi connectivity index (χ1) is 10.6. The minimum absolute atomic E-state index is 0.0123. The summed E-state index contributed by atoms with van der Waals surface area (Å²) >= 11 is 1.17. The molecule has 1 atom stereocenters. The molecule has 3 rings (SSSR count). The van der Waals surface area contributed by atoms with Crippen LogP contribution in [0.2, 0.25) is 0 Å². The number of carbonyl (C=O) groups excluding carboxylic acids is 1. The van der Waals surface area contributed by atoms with E-state index in [1.807, 2.05) is 36.6 Å². The number of ether oxygens (including phenoxy) is 1. The minimum Gasteiger partial charge on any atom is -0.493 e. The number of aryl methyl sites for hydroxylation is 1. The van der Waals surface area contributed by atoms with Crippen molar-refractivity contribution >= 4 is 17.2 Å². The third-order valence-corrected chi connectivity index (χ3v) is 4.71. The number of carbonyl (C=O) groups is 1. The molecule has 5 nitrogen and oxygen atoms in total. The van der Waals surface area contributed by atoms with Crippen LogP contribution in [0.25, 0.3) is 0 Å². The van der Waals surface area contributed by atoms with Crippen LogP contribution >= 0.6 is 11.3 Å². The Morgan fingerprint density at radius 2 is 2.27 bits per heavy atom. The molecule has 0 fully saturated rings. The van der Waals surface area contributed by atoms with Gasteiger partial charge in [-0.2, -0.15) is 0 Å². The van der Waals surface area contributed by atoms with Crippen LogP contribution in [0.4, 0.5) is 0 Å². The standard InChI is InChI=1S/C16H18N2O3S/c1-11-10-22-16(20)18(11)8-6-15(19)17-13-7-9-21-14-5-3-2-4-12(13)14/h2-5,10,13H,6-9H2,1H3,(H,17,19)/t13-/m1/s1. The first kappa shape index (κ1) is 14.8. The SMILES string of the molecule is Cc1csc(=O)n1CCC(=O)N[C@@H]1CCOc2ccccc21. The van der Waals surface area contributed by atoms with E-state index < -0.39 is 0 Å². The maximum atomic E-state index is 12.2. The fraction of sp³-hybridized carbons (Fsp3) is 0.375. The summed E-state index contributed by atoms with van der Waals surface area (Å²) in [5.74, 6) is 0.795. The molecule has 0 saturated heterocycles. The molecule has 0 unspecified atom stereocenters. The molecule has 1 amide bonds. The summed E-state index contributed by atoms with van der Waals surface area (Å²) in [6.07, 6.45) is 1.07. The second-order valence-electron chi connectivity index (χ2n) is 5.34. The number of amides is 1. The lowest BCUT2D eigenvalue weighted by atomic mass is 10.0. The number of hydrogen-bond acceptors (Lipinski definition) is 4. The summed E-state index contributed by atoms with van der Waals surface area (Å²) in [6.45, 7) is 2.90. The maximum Gasteiger partial charge on any atom is 0.307 e. The summed E-state index contributed by atoms with van der Waals surface area (Å²) in [5.41, 5.74) is 1.92. The van der Waals surface area contributed by atoms with Crippen LogP contribution in [0.15, 0.2) is 34.4 Å². The van der Waals surface area contributed by atoms with E-state index >= 15 is 0 Å². The number of para-hydroxylation sites is 1. The van der Waals surface area contributed by atoms with Gasteiger partial charge in [-0.1, -0.05) is 29.5 Å². The fourth-order valence-corrected chi connectivity index (χ4v) is 3.41. The average Bonchev–Trinajstić information content (AvgIpc) is 2.84. The van der Waals surface area contributed by atoms with Gasteiger partial charge < -0.3 is 14.6 Å².